The monoisotopic (exact) mass is 435 g/mol. The molecule has 2 aromatic heterocycles. The molecule has 30 heavy (non-hydrogen) atoms. The first-order valence-corrected chi connectivity index (χ1v) is 11.3. The van der Waals surface area contributed by atoms with Gasteiger partial charge in [-0.15, -0.1) is 11.3 Å². The van der Waals surface area contributed by atoms with E-state index in [1.54, 1.807) is 18.7 Å². The van der Waals surface area contributed by atoms with Gasteiger partial charge in [0.25, 0.3) is 5.56 Å². The molecule has 0 saturated carbocycles. The van der Waals surface area contributed by atoms with Crippen molar-refractivity contribution < 1.29 is 4.79 Å². The number of aryl methyl sites for hydroxylation is 2. The predicted octanol–water partition coefficient (Wildman–Crippen LogP) is 5.12. The number of para-hydroxylation sites is 1. The average molecular weight is 436 g/mol. The van der Waals surface area contributed by atoms with Gasteiger partial charge in [-0.3, -0.25) is 14.2 Å². The van der Waals surface area contributed by atoms with E-state index < -0.39 is 0 Å². The van der Waals surface area contributed by atoms with Crippen LogP contribution >= 0.6 is 23.1 Å². The maximum absolute atomic E-state index is 12.9. The zero-order valence-corrected chi connectivity index (χ0v) is 18.3. The summed E-state index contributed by atoms with van der Waals surface area (Å²) in [7, 11) is 0. The van der Waals surface area contributed by atoms with Gasteiger partial charge in [0.1, 0.15) is 17.2 Å². The Morgan fingerprint density at radius 3 is 2.63 bits per heavy atom. The molecule has 7 heteroatoms. The summed E-state index contributed by atoms with van der Waals surface area (Å²) in [6.07, 6.45) is 0.857. The molecule has 2 heterocycles. The average Bonchev–Trinajstić information content (AvgIpc) is 3.16. The number of nitrogens with zero attached hydrogens (tertiary/aromatic N) is 2. The number of rotatable bonds is 6. The molecule has 0 radical (unpaired) electrons. The molecule has 0 atom stereocenters. The van der Waals surface area contributed by atoms with E-state index in [4.69, 9.17) is 0 Å². The number of anilines is 1. The number of hydrogen-bond donors (Lipinski definition) is 1. The van der Waals surface area contributed by atoms with Crippen LogP contribution in [0.1, 0.15) is 17.6 Å². The Morgan fingerprint density at radius 2 is 1.87 bits per heavy atom. The van der Waals surface area contributed by atoms with E-state index in [9.17, 15) is 9.59 Å². The number of aromatic nitrogens is 2. The molecule has 0 aliphatic heterocycles. The molecule has 0 unspecified atom stereocenters. The summed E-state index contributed by atoms with van der Waals surface area (Å²) in [6, 6.07) is 19.5. The van der Waals surface area contributed by atoms with Gasteiger partial charge in [-0.05, 0) is 43.7 Å². The van der Waals surface area contributed by atoms with Crippen LogP contribution in [0.2, 0.25) is 0 Å². The first-order chi connectivity index (χ1) is 14.5. The number of benzene rings is 2. The minimum Gasteiger partial charge on any atom is -0.323 e. The van der Waals surface area contributed by atoms with E-state index in [0.29, 0.717) is 11.2 Å². The highest BCUT2D eigenvalue weighted by Gasteiger charge is 2.15. The van der Waals surface area contributed by atoms with Gasteiger partial charge in [0, 0.05) is 14.7 Å². The number of hydrogen-bond acceptors (Lipinski definition) is 5. The summed E-state index contributed by atoms with van der Waals surface area (Å²) in [5, 5.41) is 3.53. The molecular weight excluding hydrogens is 414 g/mol. The molecule has 0 bridgehead atoms. The van der Waals surface area contributed by atoms with E-state index in [0.717, 1.165) is 31.6 Å². The smallest absolute Gasteiger partial charge is 0.262 e. The fraction of sp³-hybridized carbons (Fsp3) is 0.174. The Hall–Kier alpha value is -2.90. The van der Waals surface area contributed by atoms with E-state index in [1.165, 1.54) is 15.9 Å². The second-order valence-corrected chi connectivity index (χ2v) is 9.03. The van der Waals surface area contributed by atoms with Crippen molar-refractivity contribution >= 4 is 44.9 Å². The van der Waals surface area contributed by atoms with Crippen LogP contribution in [0.25, 0.3) is 10.2 Å². The van der Waals surface area contributed by atoms with Gasteiger partial charge >= 0.3 is 0 Å². The molecule has 0 fully saturated rings. The van der Waals surface area contributed by atoms with Crippen molar-refractivity contribution in [3.8, 4) is 0 Å². The minimum absolute atomic E-state index is 0.0742. The third-order valence-electron chi connectivity index (χ3n) is 4.68. The molecule has 2 aromatic carbocycles. The first-order valence-electron chi connectivity index (χ1n) is 9.66. The summed E-state index contributed by atoms with van der Waals surface area (Å²) >= 11 is 3.11. The van der Waals surface area contributed by atoms with Crippen LogP contribution in [0.3, 0.4) is 0 Å². The minimum atomic E-state index is -0.256. The second-order valence-electron chi connectivity index (χ2n) is 6.79. The van der Waals surface area contributed by atoms with Crippen LogP contribution in [0.5, 0.6) is 0 Å². The topological polar surface area (TPSA) is 64.0 Å². The summed E-state index contributed by atoms with van der Waals surface area (Å²) in [6.45, 7) is 3.74. The number of thiophene rings is 1. The normalized spacial score (nSPS) is 11.0. The zero-order chi connectivity index (χ0) is 21.1. The lowest BCUT2D eigenvalue weighted by atomic mass is 10.3. The molecule has 0 saturated heterocycles. The Labute approximate surface area is 182 Å². The van der Waals surface area contributed by atoms with Gasteiger partial charge in [0.05, 0.1) is 11.1 Å². The summed E-state index contributed by atoms with van der Waals surface area (Å²) < 4.78 is 1.44. The quantitative estimate of drug-likeness (QED) is 0.457. The lowest BCUT2D eigenvalue weighted by Gasteiger charge is -2.13. The summed E-state index contributed by atoms with van der Waals surface area (Å²) in [5.74, 6) is 0.285. The Bertz CT molecular complexity index is 1260. The van der Waals surface area contributed by atoms with Gasteiger partial charge in [0.15, 0.2) is 0 Å². The highest BCUT2D eigenvalue weighted by Crippen LogP contribution is 2.33. The van der Waals surface area contributed by atoms with E-state index in [1.807, 2.05) is 60.7 Å². The Kier molecular flexibility index (Phi) is 6.01. The van der Waals surface area contributed by atoms with Crippen molar-refractivity contribution in [1.29, 1.82) is 0 Å². The summed E-state index contributed by atoms with van der Waals surface area (Å²) in [5.41, 5.74) is 0.551. The van der Waals surface area contributed by atoms with Crippen molar-refractivity contribution in [2.75, 3.05) is 5.32 Å². The van der Waals surface area contributed by atoms with Gasteiger partial charge in [-0.1, -0.05) is 49.0 Å². The lowest BCUT2D eigenvalue weighted by Crippen LogP contribution is -2.30. The molecule has 0 aliphatic rings. The van der Waals surface area contributed by atoms with Crippen LogP contribution in [0.15, 0.2) is 75.2 Å². The van der Waals surface area contributed by atoms with Crippen molar-refractivity contribution in [2.24, 2.45) is 0 Å². The van der Waals surface area contributed by atoms with Crippen molar-refractivity contribution in [1.82, 2.24) is 9.55 Å². The second kappa shape index (κ2) is 8.85. The standard InChI is InChI=1S/C23H21N3O2S2/c1-3-16-13-18-22(30-16)24-15(2)26(23(18)28)14-21(27)25-19-11-7-8-12-20(19)29-17-9-5-4-6-10-17/h4-13H,3,14H2,1-2H3,(H,25,27). The largest absolute Gasteiger partial charge is 0.323 e. The maximum atomic E-state index is 12.9. The van der Waals surface area contributed by atoms with Gasteiger partial charge < -0.3 is 5.32 Å². The number of carbonyl (C=O) groups is 1. The van der Waals surface area contributed by atoms with E-state index >= 15 is 0 Å². The van der Waals surface area contributed by atoms with Crippen LogP contribution in [0.4, 0.5) is 5.69 Å². The maximum Gasteiger partial charge on any atom is 0.262 e. The molecule has 5 nitrogen and oxygen atoms in total. The highest BCUT2D eigenvalue weighted by molar-refractivity contribution is 7.99. The van der Waals surface area contributed by atoms with Gasteiger partial charge in [-0.25, -0.2) is 4.98 Å². The number of fused-ring (bicyclic) bond motifs is 1. The molecule has 0 aliphatic carbocycles. The Balaban J connectivity index is 1.57. The summed E-state index contributed by atoms with van der Waals surface area (Å²) in [4.78, 5) is 34.1. The third kappa shape index (κ3) is 4.32. The molecule has 4 rings (SSSR count). The molecular formula is C23H21N3O2S2. The van der Waals surface area contributed by atoms with Gasteiger partial charge in [-0.2, -0.15) is 0 Å². The molecule has 4 aromatic rings. The molecule has 0 spiro atoms. The lowest BCUT2D eigenvalue weighted by molar-refractivity contribution is -0.116. The van der Waals surface area contributed by atoms with Crippen molar-refractivity contribution in [3.05, 3.63) is 81.7 Å². The SMILES string of the molecule is CCc1cc2c(=O)n(CC(=O)Nc3ccccc3Sc3ccccc3)c(C)nc2s1. The highest BCUT2D eigenvalue weighted by atomic mass is 32.2. The van der Waals surface area contributed by atoms with Crippen LogP contribution in [-0.2, 0) is 17.8 Å². The van der Waals surface area contributed by atoms with Crippen LogP contribution in [0, 0.1) is 6.92 Å². The van der Waals surface area contributed by atoms with E-state index in [-0.39, 0.29) is 18.0 Å². The van der Waals surface area contributed by atoms with Gasteiger partial charge in [0.2, 0.25) is 5.91 Å². The van der Waals surface area contributed by atoms with E-state index in [2.05, 4.69) is 17.2 Å². The predicted molar refractivity (Wildman–Crippen MR) is 124 cm³/mol. The zero-order valence-electron chi connectivity index (χ0n) is 16.7. The first kappa shape index (κ1) is 20.4. The fourth-order valence-corrected chi connectivity index (χ4v) is 5.06. The number of amides is 1. The van der Waals surface area contributed by atoms with Crippen molar-refractivity contribution in [3.63, 3.8) is 0 Å². The van der Waals surface area contributed by atoms with Crippen LogP contribution in [-0.4, -0.2) is 15.5 Å². The molecule has 1 amide bonds. The number of carbonyl (C=O) groups excluding carboxylic acids is 1. The van der Waals surface area contributed by atoms with Crippen LogP contribution < -0.4 is 10.9 Å². The van der Waals surface area contributed by atoms with Crippen molar-refractivity contribution in [2.45, 2.75) is 36.6 Å². The molecule has 1 N–H and O–H groups in total. The molecule has 152 valence electrons. The Morgan fingerprint density at radius 1 is 1.13 bits per heavy atom. The third-order valence-corrected chi connectivity index (χ3v) is 6.93. The fourth-order valence-electron chi connectivity index (χ4n) is 3.14. The number of nitrogens with one attached hydrogen (secondary N) is 1.